The van der Waals surface area contributed by atoms with Crippen LogP contribution in [0.25, 0.3) is 0 Å². The van der Waals surface area contributed by atoms with Crippen LogP contribution in [-0.4, -0.2) is 40.8 Å². The molecule has 2 heterocycles. The zero-order valence-electron chi connectivity index (χ0n) is 13.2. The molecule has 20 heavy (non-hydrogen) atoms. The van der Waals surface area contributed by atoms with E-state index in [2.05, 4.69) is 19.2 Å². The molecule has 1 N–H and O–H groups in total. The maximum absolute atomic E-state index is 12.8. The highest BCUT2D eigenvalue weighted by Crippen LogP contribution is 2.33. The third-order valence-corrected chi connectivity index (χ3v) is 4.52. The first kappa shape index (κ1) is 15.5. The van der Waals surface area contributed by atoms with Crippen LogP contribution < -0.4 is 5.32 Å². The Hall–Kier alpha value is -0.900. The molecular weight excluding hydrogens is 252 g/mol. The molecule has 2 aliphatic heterocycles. The third kappa shape index (κ3) is 3.05. The first-order valence-electron chi connectivity index (χ1n) is 8.03. The maximum atomic E-state index is 12.8. The number of Topliss-reactive ketones (excluding diaryl/α,β-unsaturated/α-hetero) is 1. The van der Waals surface area contributed by atoms with Crippen molar-refractivity contribution in [3.05, 3.63) is 0 Å². The number of amides is 1. The average molecular weight is 280 g/mol. The molecule has 2 aliphatic rings. The molecule has 0 aromatic heterocycles. The molecule has 114 valence electrons. The fraction of sp³-hybridized carbons (Fsp3) is 0.875. The topological polar surface area (TPSA) is 49.4 Å². The zero-order valence-corrected chi connectivity index (χ0v) is 13.2. The van der Waals surface area contributed by atoms with E-state index >= 15 is 0 Å². The second-order valence-electron chi connectivity index (χ2n) is 6.85. The standard InChI is InChI=1S/C16H28N2O2/c1-10(2)15(19)14-9-8-12-6-5-7-13(17-11(3)4)16(20)18(12)14/h10-14,17H,5-9H2,1-4H3/t12?,13-,14-/m0/s1. The molecule has 0 aliphatic carbocycles. The smallest absolute Gasteiger partial charge is 0.240 e. The van der Waals surface area contributed by atoms with Crippen LogP contribution in [0.4, 0.5) is 0 Å². The number of hydrogen-bond acceptors (Lipinski definition) is 3. The Morgan fingerprint density at radius 2 is 1.85 bits per heavy atom. The van der Waals surface area contributed by atoms with E-state index in [-0.39, 0.29) is 35.7 Å². The summed E-state index contributed by atoms with van der Waals surface area (Å²) >= 11 is 0. The van der Waals surface area contributed by atoms with Crippen molar-refractivity contribution in [3.8, 4) is 0 Å². The van der Waals surface area contributed by atoms with Gasteiger partial charge in [-0.1, -0.05) is 27.7 Å². The molecule has 0 aromatic carbocycles. The largest absolute Gasteiger partial charge is 0.328 e. The van der Waals surface area contributed by atoms with E-state index in [1.165, 1.54) is 0 Å². The van der Waals surface area contributed by atoms with Crippen LogP contribution >= 0.6 is 0 Å². The quantitative estimate of drug-likeness (QED) is 0.858. The van der Waals surface area contributed by atoms with E-state index < -0.39 is 0 Å². The van der Waals surface area contributed by atoms with Crippen LogP contribution in [-0.2, 0) is 9.59 Å². The van der Waals surface area contributed by atoms with Crippen LogP contribution in [0, 0.1) is 5.92 Å². The summed E-state index contributed by atoms with van der Waals surface area (Å²) in [6, 6.07) is 0.291. The Morgan fingerprint density at radius 1 is 1.15 bits per heavy atom. The normalized spacial score (nSPS) is 30.8. The molecule has 4 heteroatoms. The molecule has 2 fully saturated rings. The van der Waals surface area contributed by atoms with Crippen LogP contribution in [0.3, 0.4) is 0 Å². The van der Waals surface area contributed by atoms with Gasteiger partial charge in [-0.15, -0.1) is 0 Å². The van der Waals surface area contributed by atoms with Gasteiger partial charge < -0.3 is 10.2 Å². The van der Waals surface area contributed by atoms with Gasteiger partial charge in [0.25, 0.3) is 0 Å². The summed E-state index contributed by atoms with van der Waals surface area (Å²) < 4.78 is 0. The Morgan fingerprint density at radius 3 is 2.45 bits per heavy atom. The predicted molar refractivity (Wildman–Crippen MR) is 79.4 cm³/mol. The lowest BCUT2D eigenvalue weighted by Gasteiger charge is -2.31. The van der Waals surface area contributed by atoms with Gasteiger partial charge in [-0.25, -0.2) is 0 Å². The lowest BCUT2D eigenvalue weighted by molar-refractivity contribution is -0.141. The van der Waals surface area contributed by atoms with E-state index in [0.717, 1.165) is 32.1 Å². The van der Waals surface area contributed by atoms with E-state index in [1.807, 2.05) is 18.7 Å². The van der Waals surface area contributed by atoms with Gasteiger partial charge in [-0.05, 0) is 32.1 Å². The summed E-state index contributed by atoms with van der Waals surface area (Å²) in [6.07, 6.45) is 4.85. The van der Waals surface area contributed by atoms with E-state index in [9.17, 15) is 9.59 Å². The number of hydrogen-bond donors (Lipinski definition) is 1. The fourth-order valence-corrected chi connectivity index (χ4v) is 3.58. The van der Waals surface area contributed by atoms with Crippen LogP contribution in [0.1, 0.15) is 59.8 Å². The fourth-order valence-electron chi connectivity index (χ4n) is 3.58. The Bertz CT molecular complexity index is 379. The predicted octanol–water partition coefficient (Wildman–Crippen LogP) is 2.12. The molecule has 0 aromatic rings. The zero-order chi connectivity index (χ0) is 14.9. The SMILES string of the molecule is CC(C)N[C@H]1CCCC2CC[C@@H](C(=O)C(C)C)N2C1=O. The first-order valence-corrected chi connectivity index (χ1v) is 8.03. The van der Waals surface area contributed by atoms with Gasteiger partial charge in [-0.3, -0.25) is 9.59 Å². The van der Waals surface area contributed by atoms with E-state index in [0.29, 0.717) is 6.04 Å². The molecule has 1 amide bonds. The highest BCUT2D eigenvalue weighted by molar-refractivity contribution is 5.92. The number of fused-ring (bicyclic) bond motifs is 1. The molecule has 1 unspecified atom stereocenters. The summed E-state index contributed by atoms with van der Waals surface area (Å²) in [5, 5.41) is 3.37. The number of carbonyl (C=O) groups excluding carboxylic acids is 2. The molecule has 2 saturated heterocycles. The highest BCUT2D eigenvalue weighted by Gasteiger charge is 2.44. The number of nitrogens with zero attached hydrogens (tertiary/aromatic N) is 1. The van der Waals surface area contributed by atoms with Gasteiger partial charge in [0.1, 0.15) is 0 Å². The molecule has 0 radical (unpaired) electrons. The van der Waals surface area contributed by atoms with Crippen LogP contribution in [0.2, 0.25) is 0 Å². The second kappa shape index (κ2) is 6.25. The summed E-state index contributed by atoms with van der Waals surface area (Å²) in [4.78, 5) is 27.1. The molecule has 0 saturated carbocycles. The molecule has 2 rings (SSSR count). The Kier molecular flexibility index (Phi) is 4.84. The van der Waals surface area contributed by atoms with Crippen molar-refractivity contribution in [2.75, 3.05) is 0 Å². The van der Waals surface area contributed by atoms with Crippen molar-refractivity contribution >= 4 is 11.7 Å². The number of nitrogens with one attached hydrogen (secondary N) is 1. The van der Waals surface area contributed by atoms with Gasteiger partial charge in [0.15, 0.2) is 5.78 Å². The number of carbonyl (C=O) groups is 2. The van der Waals surface area contributed by atoms with Gasteiger partial charge in [0.2, 0.25) is 5.91 Å². The molecular formula is C16H28N2O2. The van der Waals surface area contributed by atoms with Crippen LogP contribution in [0.5, 0.6) is 0 Å². The first-order chi connectivity index (χ1) is 9.41. The van der Waals surface area contributed by atoms with Gasteiger partial charge in [-0.2, -0.15) is 0 Å². The van der Waals surface area contributed by atoms with Crippen molar-refractivity contribution in [3.63, 3.8) is 0 Å². The third-order valence-electron chi connectivity index (χ3n) is 4.52. The molecule has 0 bridgehead atoms. The minimum atomic E-state index is -0.179. The number of rotatable bonds is 4. The second-order valence-corrected chi connectivity index (χ2v) is 6.85. The minimum Gasteiger partial charge on any atom is -0.328 e. The van der Waals surface area contributed by atoms with Crippen molar-refractivity contribution in [2.45, 2.75) is 84.0 Å². The van der Waals surface area contributed by atoms with E-state index in [1.54, 1.807) is 0 Å². The van der Waals surface area contributed by atoms with E-state index in [4.69, 9.17) is 0 Å². The maximum Gasteiger partial charge on any atom is 0.240 e. The van der Waals surface area contributed by atoms with Crippen molar-refractivity contribution in [1.29, 1.82) is 0 Å². The summed E-state index contributed by atoms with van der Waals surface area (Å²) in [5.74, 6) is 0.384. The number of ketones is 1. The monoisotopic (exact) mass is 280 g/mol. The summed E-state index contributed by atoms with van der Waals surface area (Å²) in [6.45, 7) is 8.00. The van der Waals surface area contributed by atoms with Crippen molar-refractivity contribution < 1.29 is 9.59 Å². The van der Waals surface area contributed by atoms with Crippen molar-refractivity contribution in [2.24, 2.45) is 5.92 Å². The average Bonchev–Trinajstić information content (AvgIpc) is 2.72. The molecule has 0 spiro atoms. The van der Waals surface area contributed by atoms with Gasteiger partial charge >= 0.3 is 0 Å². The van der Waals surface area contributed by atoms with Gasteiger partial charge in [0, 0.05) is 18.0 Å². The summed E-state index contributed by atoms with van der Waals surface area (Å²) in [7, 11) is 0. The Labute approximate surface area is 122 Å². The highest BCUT2D eigenvalue weighted by atomic mass is 16.2. The lowest BCUT2D eigenvalue weighted by Crippen LogP contribution is -2.53. The Balaban J connectivity index is 2.18. The van der Waals surface area contributed by atoms with Crippen molar-refractivity contribution in [1.82, 2.24) is 10.2 Å². The lowest BCUT2D eigenvalue weighted by atomic mass is 9.99. The summed E-state index contributed by atoms with van der Waals surface area (Å²) in [5.41, 5.74) is 0. The van der Waals surface area contributed by atoms with Gasteiger partial charge in [0.05, 0.1) is 12.1 Å². The minimum absolute atomic E-state index is 0.00584. The van der Waals surface area contributed by atoms with Crippen LogP contribution in [0.15, 0.2) is 0 Å². The molecule has 3 atom stereocenters. The molecule has 4 nitrogen and oxygen atoms in total.